The molecule has 0 bridgehead atoms. The van der Waals surface area contributed by atoms with E-state index in [-0.39, 0.29) is 30.1 Å². The number of sulfonamides is 1. The summed E-state index contributed by atoms with van der Waals surface area (Å²) in [5, 5.41) is 3.18. The SMILES string of the molecule is Cn1cnc(S(=O)(=O)N2C[C@@H](Nc3cccc(F)c3)[C@H](c3cccc(F)c3)C2)c1. The van der Waals surface area contributed by atoms with Crippen LogP contribution >= 0.6 is 0 Å². The van der Waals surface area contributed by atoms with Gasteiger partial charge >= 0.3 is 0 Å². The molecule has 0 radical (unpaired) electrons. The highest BCUT2D eigenvalue weighted by Gasteiger charge is 2.41. The number of nitrogens with zero attached hydrogens (tertiary/aromatic N) is 3. The molecule has 1 aliphatic rings. The lowest BCUT2D eigenvalue weighted by atomic mass is 9.94. The third-order valence-corrected chi connectivity index (χ3v) is 6.74. The molecule has 0 saturated carbocycles. The van der Waals surface area contributed by atoms with E-state index in [4.69, 9.17) is 0 Å². The maximum absolute atomic E-state index is 13.8. The Balaban J connectivity index is 1.67. The Morgan fingerprint density at radius 3 is 2.45 bits per heavy atom. The van der Waals surface area contributed by atoms with Gasteiger partial charge in [0, 0.05) is 44.0 Å². The summed E-state index contributed by atoms with van der Waals surface area (Å²) < 4.78 is 56.4. The quantitative estimate of drug-likeness (QED) is 0.692. The molecule has 2 atom stereocenters. The number of benzene rings is 2. The molecule has 1 aliphatic heterocycles. The van der Waals surface area contributed by atoms with Gasteiger partial charge in [0.25, 0.3) is 10.0 Å². The summed E-state index contributed by atoms with van der Waals surface area (Å²) >= 11 is 0. The van der Waals surface area contributed by atoms with E-state index < -0.39 is 21.7 Å². The zero-order chi connectivity index (χ0) is 20.6. The summed E-state index contributed by atoms with van der Waals surface area (Å²) in [6.45, 7) is 0.311. The van der Waals surface area contributed by atoms with Crippen LogP contribution in [0.5, 0.6) is 0 Å². The van der Waals surface area contributed by atoms with Crippen LogP contribution in [0, 0.1) is 11.6 Å². The van der Waals surface area contributed by atoms with Crippen molar-refractivity contribution in [2.75, 3.05) is 18.4 Å². The van der Waals surface area contributed by atoms with E-state index in [9.17, 15) is 17.2 Å². The largest absolute Gasteiger partial charge is 0.380 e. The normalized spacial score (nSPS) is 20.1. The van der Waals surface area contributed by atoms with Crippen LogP contribution in [-0.2, 0) is 17.1 Å². The first-order valence-corrected chi connectivity index (χ1v) is 10.5. The predicted octanol–water partition coefficient (Wildman–Crippen LogP) is 2.97. The molecule has 1 fully saturated rings. The number of aromatic nitrogens is 2. The topological polar surface area (TPSA) is 67.2 Å². The minimum Gasteiger partial charge on any atom is -0.380 e. The fourth-order valence-electron chi connectivity index (χ4n) is 3.63. The summed E-state index contributed by atoms with van der Waals surface area (Å²) in [6, 6.07) is 11.7. The van der Waals surface area contributed by atoms with Crippen molar-refractivity contribution in [3.63, 3.8) is 0 Å². The second kappa shape index (κ2) is 7.57. The average Bonchev–Trinajstić information content (AvgIpc) is 3.29. The van der Waals surface area contributed by atoms with Gasteiger partial charge in [-0.15, -0.1) is 0 Å². The van der Waals surface area contributed by atoms with Crippen molar-refractivity contribution >= 4 is 15.7 Å². The Morgan fingerprint density at radius 1 is 1.07 bits per heavy atom. The number of hydrogen-bond acceptors (Lipinski definition) is 4. The van der Waals surface area contributed by atoms with Gasteiger partial charge in [-0.25, -0.2) is 22.2 Å². The van der Waals surface area contributed by atoms with Crippen molar-refractivity contribution in [1.29, 1.82) is 0 Å². The fraction of sp³-hybridized carbons (Fsp3) is 0.250. The number of imidazole rings is 1. The minimum atomic E-state index is -3.81. The molecule has 1 N–H and O–H groups in total. The zero-order valence-electron chi connectivity index (χ0n) is 15.7. The Labute approximate surface area is 167 Å². The van der Waals surface area contributed by atoms with Crippen LogP contribution in [0.3, 0.4) is 0 Å². The number of anilines is 1. The van der Waals surface area contributed by atoms with Crippen molar-refractivity contribution < 1.29 is 17.2 Å². The molecule has 0 amide bonds. The number of nitrogens with one attached hydrogen (secondary N) is 1. The van der Waals surface area contributed by atoms with E-state index in [0.29, 0.717) is 11.3 Å². The number of halogens is 2. The molecule has 29 heavy (non-hydrogen) atoms. The highest BCUT2D eigenvalue weighted by Crippen LogP contribution is 2.33. The first-order valence-electron chi connectivity index (χ1n) is 9.08. The Morgan fingerprint density at radius 2 is 1.79 bits per heavy atom. The number of aryl methyl sites for hydroxylation is 1. The van der Waals surface area contributed by atoms with E-state index >= 15 is 0 Å². The maximum atomic E-state index is 13.8. The lowest BCUT2D eigenvalue weighted by molar-refractivity contribution is 0.468. The molecule has 9 heteroatoms. The Kier molecular flexibility index (Phi) is 5.10. The van der Waals surface area contributed by atoms with Crippen molar-refractivity contribution in [2.24, 2.45) is 7.05 Å². The van der Waals surface area contributed by atoms with Crippen LogP contribution in [0.15, 0.2) is 66.1 Å². The van der Waals surface area contributed by atoms with Crippen LogP contribution in [0.25, 0.3) is 0 Å². The van der Waals surface area contributed by atoms with Gasteiger partial charge in [0.15, 0.2) is 5.03 Å². The Hall–Kier alpha value is -2.78. The molecule has 2 heterocycles. The molecule has 0 spiro atoms. The van der Waals surface area contributed by atoms with Gasteiger partial charge in [-0.3, -0.25) is 0 Å². The first-order chi connectivity index (χ1) is 13.8. The van der Waals surface area contributed by atoms with E-state index in [2.05, 4.69) is 10.3 Å². The lowest BCUT2D eigenvalue weighted by Gasteiger charge is -2.21. The van der Waals surface area contributed by atoms with E-state index in [1.807, 2.05) is 0 Å². The van der Waals surface area contributed by atoms with Crippen LogP contribution in [0.2, 0.25) is 0 Å². The van der Waals surface area contributed by atoms with Gasteiger partial charge in [0.2, 0.25) is 0 Å². The first kappa shape index (κ1) is 19.5. The van der Waals surface area contributed by atoms with Crippen molar-refractivity contribution in [3.05, 3.63) is 78.3 Å². The molecule has 0 unspecified atom stereocenters. The maximum Gasteiger partial charge on any atom is 0.262 e. The minimum absolute atomic E-state index is 0.0376. The summed E-state index contributed by atoms with van der Waals surface area (Å²) in [5.74, 6) is -1.10. The molecule has 6 nitrogen and oxygen atoms in total. The van der Waals surface area contributed by atoms with Gasteiger partial charge in [0.05, 0.1) is 6.33 Å². The fourth-order valence-corrected chi connectivity index (χ4v) is 5.09. The number of hydrogen-bond donors (Lipinski definition) is 1. The summed E-state index contributed by atoms with van der Waals surface area (Å²) in [6.07, 6.45) is 2.87. The standard InChI is InChI=1S/C20H20F2N4O2S/c1-25-12-20(23-13-25)29(27,28)26-10-18(14-4-2-5-15(21)8-14)19(11-26)24-17-7-3-6-16(22)9-17/h2-9,12-13,18-19,24H,10-11H2,1H3/t18-,19+/m0/s1. The molecule has 1 saturated heterocycles. The molecule has 1 aromatic heterocycles. The number of rotatable bonds is 5. The van der Waals surface area contributed by atoms with Gasteiger partial charge in [-0.05, 0) is 35.9 Å². The summed E-state index contributed by atoms with van der Waals surface area (Å²) in [7, 11) is -2.11. The molecular formula is C20H20F2N4O2S. The van der Waals surface area contributed by atoms with Gasteiger partial charge < -0.3 is 9.88 Å². The van der Waals surface area contributed by atoms with Gasteiger partial charge in [-0.2, -0.15) is 4.31 Å². The van der Waals surface area contributed by atoms with Crippen molar-refractivity contribution in [1.82, 2.24) is 13.9 Å². The molecule has 2 aromatic carbocycles. The van der Waals surface area contributed by atoms with Crippen molar-refractivity contribution in [3.8, 4) is 0 Å². The van der Waals surface area contributed by atoms with E-state index in [1.54, 1.807) is 35.9 Å². The Bertz CT molecular complexity index is 1130. The molecule has 152 valence electrons. The van der Waals surface area contributed by atoms with Crippen LogP contribution < -0.4 is 5.32 Å². The monoisotopic (exact) mass is 418 g/mol. The van der Waals surface area contributed by atoms with E-state index in [0.717, 1.165) is 0 Å². The van der Waals surface area contributed by atoms with Crippen LogP contribution in [0.4, 0.5) is 14.5 Å². The summed E-state index contributed by atoms with van der Waals surface area (Å²) in [5.41, 5.74) is 1.21. The van der Waals surface area contributed by atoms with E-state index in [1.165, 1.54) is 41.1 Å². The van der Waals surface area contributed by atoms with Gasteiger partial charge in [0.1, 0.15) is 11.6 Å². The highest BCUT2D eigenvalue weighted by molar-refractivity contribution is 7.89. The lowest BCUT2D eigenvalue weighted by Crippen LogP contribution is -2.32. The second-order valence-corrected chi connectivity index (χ2v) is 9.01. The zero-order valence-corrected chi connectivity index (χ0v) is 16.5. The smallest absolute Gasteiger partial charge is 0.262 e. The molecular weight excluding hydrogens is 398 g/mol. The molecule has 3 aromatic rings. The predicted molar refractivity (Wildman–Crippen MR) is 105 cm³/mol. The molecule has 4 rings (SSSR count). The highest BCUT2D eigenvalue weighted by atomic mass is 32.2. The van der Waals surface area contributed by atoms with Crippen LogP contribution in [-0.4, -0.2) is 41.4 Å². The second-order valence-electron chi connectivity index (χ2n) is 7.12. The summed E-state index contributed by atoms with van der Waals surface area (Å²) in [4.78, 5) is 3.97. The third-order valence-electron chi connectivity index (χ3n) is 5.03. The molecule has 0 aliphatic carbocycles. The van der Waals surface area contributed by atoms with Crippen LogP contribution in [0.1, 0.15) is 11.5 Å². The average molecular weight is 418 g/mol. The third kappa shape index (κ3) is 4.01. The van der Waals surface area contributed by atoms with Gasteiger partial charge in [-0.1, -0.05) is 18.2 Å². The van der Waals surface area contributed by atoms with Crippen molar-refractivity contribution in [2.45, 2.75) is 17.0 Å².